The molecule has 0 radical (unpaired) electrons. The molecular weight excluding hydrogens is 530 g/mol. The van der Waals surface area contributed by atoms with Gasteiger partial charge in [-0.25, -0.2) is 18.7 Å². The molecule has 0 atom stereocenters. The van der Waals surface area contributed by atoms with E-state index in [1.807, 2.05) is 0 Å². The van der Waals surface area contributed by atoms with E-state index in [0.29, 0.717) is 57.8 Å². The number of fused-ring (bicyclic) bond motifs is 1. The van der Waals surface area contributed by atoms with Crippen molar-refractivity contribution in [2.45, 2.75) is 25.7 Å². The molecule has 2 aromatic carbocycles. The number of nitrogens with one attached hydrogen (secondary N) is 1. The zero-order valence-electron chi connectivity index (χ0n) is 22.0. The van der Waals surface area contributed by atoms with Crippen LogP contribution in [0.1, 0.15) is 24.0 Å². The SMILES string of the molecule is COc1cc2nccc(Oc3ncc(CC(=O)C4(C(=O)Cc5ccc(F)cc5)CC4)cc3F)c2cc1-c1ncc[nH]1. The number of imidazole rings is 1. The van der Waals surface area contributed by atoms with Gasteiger partial charge in [-0.15, -0.1) is 0 Å². The molecule has 41 heavy (non-hydrogen) atoms. The number of nitrogens with zero attached hydrogens (tertiary/aromatic N) is 3. The predicted molar refractivity (Wildman–Crippen MR) is 146 cm³/mol. The number of halogens is 2. The van der Waals surface area contributed by atoms with Crippen molar-refractivity contribution in [3.63, 3.8) is 0 Å². The number of hydrogen-bond donors (Lipinski definition) is 1. The minimum absolute atomic E-state index is 0.0405. The summed E-state index contributed by atoms with van der Waals surface area (Å²) in [5.41, 5.74) is 1.14. The normalized spacial score (nSPS) is 13.6. The number of aromatic amines is 1. The fourth-order valence-corrected chi connectivity index (χ4v) is 4.89. The average Bonchev–Trinajstić information content (AvgIpc) is 3.62. The van der Waals surface area contributed by atoms with Crippen molar-refractivity contribution < 1.29 is 27.8 Å². The molecule has 0 amide bonds. The first kappa shape index (κ1) is 26.2. The minimum Gasteiger partial charge on any atom is -0.496 e. The first-order chi connectivity index (χ1) is 19.9. The van der Waals surface area contributed by atoms with Gasteiger partial charge in [0.1, 0.15) is 23.1 Å². The molecule has 8 nitrogen and oxygen atoms in total. The van der Waals surface area contributed by atoms with E-state index in [1.54, 1.807) is 37.7 Å². The molecule has 0 bridgehead atoms. The van der Waals surface area contributed by atoms with Crippen LogP contribution in [0.15, 0.2) is 73.3 Å². The summed E-state index contributed by atoms with van der Waals surface area (Å²) in [6.45, 7) is 0. The van der Waals surface area contributed by atoms with Crippen LogP contribution in [0.3, 0.4) is 0 Å². The molecule has 1 fully saturated rings. The Morgan fingerprint density at radius 2 is 1.66 bits per heavy atom. The highest BCUT2D eigenvalue weighted by atomic mass is 19.1. The second kappa shape index (κ2) is 10.5. The third kappa shape index (κ3) is 5.16. The second-order valence-corrected chi connectivity index (χ2v) is 9.96. The maximum atomic E-state index is 15.2. The number of hydrogen-bond acceptors (Lipinski definition) is 7. The average molecular weight is 555 g/mol. The van der Waals surface area contributed by atoms with Gasteiger partial charge in [-0.1, -0.05) is 12.1 Å². The summed E-state index contributed by atoms with van der Waals surface area (Å²) in [5, 5.41) is 0.593. The minimum atomic E-state index is -1.08. The number of carbonyl (C=O) groups is 2. The number of methoxy groups -OCH3 is 1. The molecule has 1 aliphatic rings. The molecule has 206 valence electrons. The lowest BCUT2D eigenvalue weighted by Gasteiger charge is -2.14. The summed E-state index contributed by atoms with van der Waals surface area (Å²) in [6, 6.07) is 12.0. The first-order valence-electron chi connectivity index (χ1n) is 13.0. The topological polar surface area (TPSA) is 107 Å². The van der Waals surface area contributed by atoms with Crippen molar-refractivity contribution in [1.29, 1.82) is 0 Å². The van der Waals surface area contributed by atoms with Crippen LogP contribution in [-0.4, -0.2) is 38.6 Å². The summed E-state index contributed by atoms with van der Waals surface area (Å²) in [5.74, 6) is -0.432. The van der Waals surface area contributed by atoms with Gasteiger partial charge in [-0.2, -0.15) is 0 Å². The summed E-state index contributed by atoms with van der Waals surface area (Å²) in [7, 11) is 1.55. The number of carbonyl (C=O) groups excluding carboxylic acids is 2. The van der Waals surface area contributed by atoms with Crippen LogP contribution >= 0.6 is 0 Å². The Bertz CT molecular complexity index is 1770. The molecule has 1 N–H and O–H groups in total. The van der Waals surface area contributed by atoms with Crippen molar-refractivity contribution in [2.75, 3.05) is 7.11 Å². The van der Waals surface area contributed by atoms with Gasteiger partial charge in [0.05, 0.1) is 23.6 Å². The number of benzene rings is 2. The maximum absolute atomic E-state index is 15.2. The smallest absolute Gasteiger partial charge is 0.255 e. The molecule has 3 heterocycles. The Balaban J connectivity index is 1.20. The molecule has 10 heteroatoms. The fraction of sp³-hybridized carbons (Fsp3) is 0.194. The van der Waals surface area contributed by atoms with Gasteiger partial charge in [0.15, 0.2) is 17.4 Å². The van der Waals surface area contributed by atoms with Gasteiger partial charge in [0.25, 0.3) is 5.88 Å². The number of ether oxygens (including phenoxy) is 2. The maximum Gasteiger partial charge on any atom is 0.255 e. The molecule has 1 saturated carbocycles. The van der Waals surface area contributed by atoms with Crippen molar-refractivity contribution >= 4 is 22.5 Å². The van der Waals surface area contributed by atoms with Crippen molar-refractivity contribution in [1.82, 2.24) is 19.9 Å². The molecule has 0 aliphatic heterocycles. The van der Waals surface area contributed by atoms with Gasteiger partial charge in [-0.3, -0.25) is 14.6 Å². The van der Waals surface area contributed by atoms with Crippen LogP contribution in [0, 0.1) is 17.0 Å². The van der Waals surface area contributed by atoms with Gasteiger partial charge < -0.3 is 14.5 Å². The van der Waals surface area contributed by atoms with E-state index in [-0.39, 0.29) is 30.3 Å². The summed E-state index contributed by atoms with van der Waals surface area (Å²) < 4.78 is 39.7. The number of ketones is 2. The van der Waals surface area contributed by atoms with E-state index >= 15 is 4.39 Å². The van der Waals surface area contributed by atoms with Crippen LogP contribution in [0.25, 0.3) is 22.3 Å². The Kier molecular flexibility index (Phi) is 6.74. The van der Waals surface area contributed by atoms with Crippen molar-refractivity contribution in [3.8, 4) is 28.8 Å². The Morgan fingerprint density at radius 3 is 2.32 bits per heavy atom. The zero-order chi connectivity index (χ0) is 28.6. The van der Waals surface area contributed by atoms with Crippen LogP contribution in [0.5, 0.6) is 17.4 Å². The number of rotatable bonds is 10. The second-order valence-electron chi connectivity index (χ2n) is 9.96. The molecule has 6 rings (SSSR count). The number of Topliss-reactive ketones (excluding diaryl/α,β-unsaturated/α-hetero) is 2. The number of H-pyrrole nitrogens is 1. The van der Waals surface area contributed by atoms with Crippen LogP contribution < -0.4 is 9.47 Å². The highest BCUT2D eigenvalue weighted by molar-refractivity contribution is 6.10. The molecular formula is C31H24F2N4O4. The highest BCUT2D eigenvalue weighted by Gasteiger charge is 2.54. The van der Waals surface area contributed by atoms with Gasteiger partial charge >= 0.3 is 0 Å². The van der Waals surface area contributed by atoms with E-state index in [0.717, 1.165) is 0 Å². The summed E-state index contributed by atoms with van der Waals surface area (Å²) in [4.78, 5) is 41.9. The van der Waals surface area contributed by atoms with E-state index in [9.17, 15) is 14.0 Å². The first-order valence-corrected chi connectivity index (χ1v) is 13.0. The monoisotopic (exact) mass is 554 g/mol. The van der Waals surface area contributed by atoms with Gasteiger partial charge in [-0.05, 0) is 54.3 Å². The Labute approximate surface area is 233 Å². The standard InChI is InChI=1S/C31H24F2N4O4/c1-40-26-16-24-21(15-22(26)29-35-10-11-36-29)25(6-9-34-24)41-30-23(33)12-19(17-37-30)14-28(39)31(7-8-31)27(38)13-18-2-4-20(32)5-3-18/h2-6,9-12,15-17H,7-8,13-14H2,1H3,(H,35,36). The van der Waals surface area contributed by atoms with Crippen LogP contribution in [0.2, 0.25) is 0 Å². The third-order valence-corrected chi connectivity index (χ3v) is 7.31. The molecule has 1 aliphatic carbocycles. The molecule has 0 saturated heterocycles. The largest absolute Gasteiger partial charge is 0.496 e. The highest BCUT2D eigenvalue weighted by Crippen LogP contribution is 2.49. The summed E-state index contributed by atoms with van der Waals surface area (Å²) >= 11 is 0. The van der Waals surface area contributed by atoms with E-state index < -0.39 is 17.0 Å². The number of aromatic nitrogens is 4. The molecule has 0 unspecified atom stereocenters. The predicted octanol–water partition coefficient (Wildman–Crippen LogP) is 5.80. The van der Waals surface area contributed by atoms with E-state index in [1.165, 1.54) is 42.7 Å². The van der Waals surface area contributed by atoms with Gasteiger partial charge in [0.2, 0.25) is 0 Å². The van der Waals surface area contributed by atoms with Crippen molar-refractivity contribution in [2.24, 2.45) is 5.41 Å². The molecule has 5 aromatic rings. The third-order valence-electron chi connectivity index (χ3n) is 7.31. The van der Waals surface area contributed by atoms with E-state index in [4.69, 9.17) is 9.47 Å². The lowest BCUT2D eigenvalue weighted by Crippen LogP contribution is -2.29. The number of pyridine rings is 2. The van der Waals surface area contributed by atoms with E-state index in [2.05, 4.69) is 19.9 Å². The van der Waals surface area contributed by atoms with Crippen LogP contribution in [-0.2, 0) is 22.4 Å². The van der Waals surface area contributed by atoms with Gasteiger partial charge in [0, 0.05) is 49.1 Å². The summed E-state index contributed by atoms with van der Waals surface area (Å²) in [6.07, 6.45) is 7.02. The zero-order valence-corrected chi connectivity index (χ0v) is 22.0. The van der Waals surface area contributed by atoms with Crippen LogP contribution in [0.4, 0.5) is 8.78 Å². The van der Waals surface area contributed by atoms with Crippen molar-refractivity contribution in [3.05, 3.63) is 96.1 Å². The lowest BCUT2D eigenvalue weighted by molar-refractivity contribution is -0.133. The Morgan fingerprint density at radius 1 is 0.902 bits per heavy atom. The Hall–Kier alpha value is -4.99. The molecule has 0 spiro atoms. The lowest BCUT2D eigenvalue weighted by atomic mass is 9.88. The quantitative estimate of drug-likeness (QED) is 0.217. The molecule has 3 aromatic heterocycles. The fourth-order valence-electron chi connectivity index (χ4n) is 4.89.